The zero-order valence-corrected chi connectivity index (χ0v) is 17.4. The van der Waals surface area contributed by atoms with Gasteiger partial charge in [-0.1, -0.05) is 23.7 Å². The number of hydrogen-bond acceptors (Lipinski definition) is 6. The van der Waals surface area contributed by atoms with E-state index in [0.29, 0.717) is 0 Å². The van der Waals surface area contributed by atoms with Gasteiger partial charge in [-0.25, -0.2) is 16.8 Å². The van der Waals surface area contributed by atoms with Crippen LogP contribution in [0.15, 0.2) is 82.6 Å². The van der Waals surface area contributed by atoms with Crippen molar-refractivity contribution >= 4 is 48.7 Å². The van der Waals surface area contributed by atoms with Crippen molar-refractivity contribution in [3.8, 4) is 0 Å². The predicted octanol–water partition coefficient (Wildman–Crippen LogP) is 3.85. The summed E-state index contributed by atoms with van der Waals surface area (Å²) in [4.78, 5) is 9.77. The highest BCUT2D eigenvalue weighted by Gasteiger charge is 2.18. The number of nitrogens with one attached hydrogen (secondary N) is 2. The Bertz CT molecular complexity index is 1290. The third-order valence-corrected chi connectivity index (χ3v) is 7.00. The molecule has 0 aromatic heterocycles. The monoisotopic (exact) mass is 467 g/mol. The molecule has 0 fully saturated rings. The number of anilines is 2. The summed E-state index contributed by atoms with van der Waals surface area (Å²) in [6.45, 7) is 0. The first-order valence-electron chi connectivity index (χ1n) is 8.23. The minimum atomic E-state index is -4.01. The van der Waals surface area contributed by atoms with Gasteiger partial charge in [-0.15, -0.1) is 0 Å². The molecule has 0 amide bonds. The summed E-state index contributed by atoms with van der Waals surface area (Å²) in [6, 6.07) is 15.7. The molecule has 0 saturated carbocycles. The quantitative estimate of drug-likeness (QED) is 0.400. The van der Waals surface area contributed by atoms with Crippen molar-refractivity contribution in [1.82, 2.24) is 0 Å². The van der Waals surface area contributed by atoms with E-state index in [1.165, 1.54) is 36.4 Å². The normalized spacial score (nSPS) is 11.6. The molecule has 12 heteroatoms. The van der Waals surface area contributed by atoms with Crippen LogP contribution in [-0.4, -0.2) is 21.8 Å². The number of nitrogens with zero attached hydrogens (tertiary/aromatic N) is 1. The van der Waals surface area contributed by atoms with Gasteiger partial charge in [0.15, 0.2) is 0 Å². The van der Waals surface area contributed by atoms with Gasteiger partial charge in [0.05, 0.1) is 25.4 Å². The minimum absolute atomic E-state index is 0.0966. The molecule has 3 rings (SSSR count). The highest BCUT2D eigenvalue weighted by atomic mass is 35.5. The van der Waals surface area contributed by atoms with E-state index in [0.717, 1.165) is 24.3 Å². The third-order valence-electron chi connectivity index (χ3n) is 3.89. The van der Waals surface area contributed by atoms with E-state index in [4.69, 9.17) is 11.6 Å². The van der Waals surface area contributed by atoms with Crippen LogP contribution in [0.4, 0.5) is 17.1 Å². The summed E-state index contributed by atoms with van der Waals surface area (Å²) in [6.07, 6.45) is 0. The van der Waals surface area contributed by atoms with E-state index in [2.05, 4.69) is 9.44 Å². The highest BCUT2D eigenvalue weighted by Crippen LogP contribution is 2.25. The summed E-state index contributed by atoms with van der Waals surface area (Å²) >= 11 is 5.96. The molecule has 2 N–H and O–H groups in total. The number of halogens is 1. The standard InChI is InChI=1S/C18H14ClN3O6S2/c19-17-3-1-2-4-18(17)21-30(27,28)15-9-5-13(6-10-15)20-29(25,26)16-11-7-14(8-12-16)22(23)24/h1-12,20-21H. The maximum atomic E-state index is 12.5. The van der Waals surface area contributed by atoms with E-state index in [-0.39, 0.29) is 31.9 Å². The van der Waals surface area contributed by atoms with Gasteiger partial charge in [0, 0.05) is 17.8 Å². The molecule has 0 aliphatic rings. The second kappa shape index (κ2) is 8.30. The van der Waals surface area contributed by atoms with Crippen molar-refractivity contribution in [3.05, 3.63) is 87.9 Å². The first-order valence-corrected chi connectivity index (χ1v) is 11.6. The number of para-hydroxylation sites is 1. The van der Waals surface area contributed by atoms with Gasteiger partial charge in [-0.3, -0.25) is 19.6 Å². The molecule has 0 bridgehead atoms. The van der Waals surface area contributed by atoms with Crippen LogP contribution >= 0.6 is 11.6 Å². The Morgan fingerprint density at radius 2 is 1.23 bits per heavy atom. The molecule has 0 aliphatic heterocycles. The molecule has 156 valence electrons. The maximum absolute atomic E-state index is 12.5. The van der Waals surface area contributed by atoms with E-state index in [1.54, 1.807) is 12.1 Å². The van der Waals surface area contributed by atoms with Crippen LogP contribution in [-0.2, 0) is 20.0 Å². The zero-order chi connectivity index (χ0) is 21.9. The molecule has 30 heavy (non-hydrogen) atoms. The van der Waals surface area contributed by atoms with E-state index in [1.807, 2.05) is 0 Å². The summed E-state index contributed by atoms with van der Waals surface area (Å²) in [7, 11) is -7.95. The summed E-state index contributed by atoms with van der Waals surface area (Å²) in [5.74, 6) is 0. The lowest BCUT2D eigenvalue weighted by Crippen LogP contribution is -2.14. The minimum Gasteiger partial charge on any atom is -0.280 e. The van der Waals surface area contributed by atoms with Crippen molar-refractivity contribution in [1.29, 1.82) is 0 Å². The Kier molecular flexibility index (Phi) is 5.97. The van der Waals surface area contributed by atoms with Crippen LogP contribution in [0.3, 0.4) is 0 Å². The number of sulfonamides is 2. The topological polar surface area (TPSA) is 135 Å². The lowest BCUT2D eigenvalue weighted by atomic mass is 10.3. The van der Waals surface area contributed by atoms with E-state index >= 15 is 0 Å². The van der Waals surface area contributed by atoms with Crippen molar-refractivity contribution in [3.63, 3.8) is 0 Å². The molecule has 0 aliphatic carbocycles. The number of non-ortho nitro benzene ring substituents is 1. The number of rotatable bonds is 7. The largest absolute Gasteiger partial charge is 0.280 e. The number of nitro groups is 1. The van der Waals surface area contributed by atoms with Crippen LogP contribution in [0.5, 0.6) is 0 Å². The van der Waals surface area contributed by atoms with E-state index < -0.39 is 25.0 Å². The fourth-order valence-electron chi connectivity index (χ4n) is 2.41. The Morgan fingerprint density at radius 1 is 0.733 bits per heavy atom. The first kappa shape index (κ1) is 21.6. The molecule has 9 nitrogen and oxygen atoms in total. The van der Waals surface area contributed by atoms with Crippen LogP contribution in [0.2, 0.25) is 5.02 Å². The Labute approximate surface area is 177 Å². The Balaban J connectivity index is 1.78. The molecule has 0 atom stereocenters. The van der Waals surface area contributed by atoms with Crippen LogP contribution < -0.4 is 9.44 Å². The third kappa shape index (κ3) is 4.87. The summed E-state index contributed by atoms with van der Waals surface area (Å²) < 4.78 is 54.5. The van der Waals surface area contributed by atoms with Crippen LogP contribution in [0, 0.1) is 10.1 Å². The number of hydrogen-bond donors (Lipinski definition) is 2. The smallest absolute Gasteiger partial charge is 0.269 e. The van der Waals surface area contributed by atoms with Gasteiger partial charge in [0.25, 0.3) is 25.7 Å². The molecule has 0 spiro atoms. The average Bonchev–Trinajstić information content (AvgIpc) is 2.70. The lowest BCUT2D eigenvalue weighted by molar-refractivity contribution is -0.384. The van der Waals surface area contributed by atoms with Crippen molar-refractivity contribution in [2.24, 2.45) is 0 Å². The SMILES string of the molecule is O=[N+]([O-])c1ccc(S(=O)(=O)Nc2ccc(S(=O)(=O)Nc3ccccc3Cl)cc2)cc1. The molecule has 0 heterocycles. The van der Waals surface area contributed by atoms with Gasteiger partial charge < -0.3 is 0 Å². The summed E-state index contributed by atoms with van der Waals surface area (Å²) in [5, 5.41) is 10.9. The molecular weight excluding hydrogens is 454 g/mol. The second-order valence-corrected chi connectivity index (χ2v) is 9.74. The second-order valence-electron chi connectivity index (χ2n) is 5.97. The highest BCUT2D eigenvalue weighted by molar-refractivity contribution is 7.93. The molecule has 0 radical (unpaired) electrons. The van der Waals surface area contributed by atoms with Gasteiger partial charge in [-0.2, -0.15) is 0 Å². The van der Waals surface area contributed by atoms with Crippen LogP contribution in [0.1, 0.15) is 0 Å². The number of benzene rings is 3. The maximum Gasteiger partial charge on any atom is 0.269 e. The fraction of sp³-hybridized carbons (Fsp3) is 0. The molecule has 3 aromatic rings. The first-order chi connectivity index (χ1) is 14.1. The Hall–Kier alpha value is -3.15. The van der Waals surface area contributed by atoms with Gasteiger partial charge in [-0.05, 0) is 48.5 Å². The average molecular weight is 468 g/mol. The fourth-order valence-corrected chi connectivity index (χ4v) is 4.79. The summed E-state index contributed by atoms with van der Waals surface area (Å²) in [5.41, 5.74) is 0.0849. The zero-order valence-electron chi connectivity index (χ0n) is 15.0. The van der Waals surface area contributed by atoms with E-state index in [9.17, 15) is 26.9 Å². The predicted molar refractivity (Wildman–Crippen MR) is 113 cm³/mol. The lowest BCUT2D eigenvalue weighted by Gasteiger charge is -2.11. The van der Waals surface area contributed by atoms with Gasteiger partial charge >= 0.3 is 0 Å². The van der Waals surface area contributed by atoms with Crippen molar-refractivity contribution in [2.75, 3.05) is 9.44 Å². The van der Waals surface area contributed by atoms with Gasteiger partial charge in [0.2, 0.25) is 0 Å². The van der Waals surface area contributed by atoms with Gasteiger partial charge in [0.1, 0.15) is 0 Å². The molecular formula is C18H14ClN3O6S2. The van der Waals surface area contributed by atoms with Crippen LogP contribution in [0.25, 0.3) is 0 Å². The number of nitro benzene ring substituents is 1. The molecule has 0 unspecified atom stereocenters. The van der Waals surface area contributed by atoms with Crippen molar-refractivity contribution in [2.45, 2.75) is 9.79 Å². The van der Waals surface area contributed by atoms with Crippen molar-refractivity contribution < 1.29 is 21.8 Å². The Morgan fingerprint density at radius 3 is 1.77 bits per heavy atom. The molecule has 3 aromatic carbocycles. The molecule has 0 saturated heterocycles.